The van der Waals surface area contributed by atoms with E-state index in [0.717, 1.165) is 23.6 Å². The second kappa shape index (κ2) is 4.99. The summed E-state index contributed by atoms with van der Waals surface area (Å²) in [4.78, 5) is 0. The number of hydrogen-bond acceptors (Lipinski definition) is 2. The molecule has 0 saturated heterocycles. The Kier molecular flexibility index (Phi) is 3.85. The van der Waals surface area contributed by atoms with Gasteiger partial charge in [0.25, 0.3) is 0 Å². The van der Waals surface area contributed by atoms with Crippen LogP contribution in [0.25, 0.3) is 0 Å². The highest BCUT2D eigenvalue weighted by Crippen LogP contribution is 2.42. The molecule has 0 saturated carbocycles. The molecule has 0 N–H and O–H groups in total. The van der Waals surface area contributed by atoms with Crippen LogP contribution in [0.15, 0.2) is 18.2 Å². The molecule has 0 fully saturated rings. The first-order valence-corrected chi connectivity index (χ1v) is 7.16. The Balaban J connectivity index is 2.28. The number of aryl methyl sites for hydroxylation is 1. The van der Waals surface area contributed by atoms with Crippen LogP contribution >= 0.6 is 11.6 Å². The first-order chi connectivity index (χ1) is 8.78. The first kappa shape index (κ1) is 14.7. The fourth-order valence-corrected chi connectivity index (χ4v) is 2.86. The standard InChI is InChI=1S/C16H23ClO2/c1-15(2,3)16(4,18-5)14-9-6-11-10-12(17)7-8-13(11)19-14/h7-8,10,14H,6,9H2,1-5H3/t14-,16+/m1/s1. The highest BCUT2D eigenvalue weighted by Gasteiger charge is 2.47. The van der Waals surface area contributed by atoms with Gasteiger partial charge < -0.3 is 9.47 Å². The van der Waals surface area contributed by atoms with Crippen LogP contribution in [-0.4, -0.2) is 18.8 Å². The molecule has 0 radical (unpaired) electrons. The molecule has 0 aromatic heterocycles. The van der Waals surface area contributed by atoms with Gasteiger partial charge in [0.2, 0.25) is 0 Å². The maximum absolute atomic E-state index is 6.19. The van der Waals surface area contributed by atoms with Crippen LogP contribution in [0.5, 0.6) is 5.75 Å². The third-order valence-electron chi connectivity index (χ3n) is 4.50. The van der Waals surface area contributed by atoms with Gasteiger partial charge in [0.05, 0.1) is 0 Å². The largest absolute Gasteiger partial charge is 0.487 e. The average molecular weight is 283 g/mol. The SMILES string of the molecule is CO[C@@](C)([C@H]1CCc2cc(Cl)ccc2O1)C(C)(C)C. The lowest BCUT2D eigenvalue weighted by Crippen LogP contribution is -2.55. The number of ether oxygens (including phenoxy) is 2. The average Bonchev–Trinajstić information content (AvgIpc) is 2.35. The van der Waals surface area contributed by atoms with Crippen molar-refractivity contribution in [3.05, 3.63) is 28.8 Å². The molecule has 1 aromatic carbocycles. The maximum atomic E-state index is 6.19. The Labute approximate surface area is 121 Å². The summed E-state index contributed by atoms with van der Waals surface area (Å²) in [6, 6.07) is 5.83. The zero-order valence-electron chi connectivity index (χ0n) is 12.4. The molecule has 2 atom stereocenters. The number of hydrogen-bond donors (Lipinski definition) is 0. The van der Waals surface area contributed by atoms with Gasteiger partial charge in [-0.25, -0.2) is 0 Å². The molecule has 0 aliphatic carbocycles. The van der Waals surface area contributed by atoms with Crippen molar-refractivity contribution in [2.45, 2.75) is 52.2 Å². The molecule has 1 aliphatic heterocycles. The van der Waals surface area contributed by atoms with Crippen molar-refractivity contribution < 1.29 is 9.47 Å². The van der Waals surface area contributed by atoms with E-state index >= 15 is 0 Å². The Morgan fingerprint density at radius 3 is 2.53 bits per heavy atom. The van der Waals surface area contributed by atoms with Crippen molar-refractivity contribution in [1.82, 2.24) is 0 Å². The van der Waals surface area contributed by atoms with E-state index in [1.807, 2.05) is 18.2 Å². The van der Waals surface area contributed by atoms with E-state index in [1.54, 1.807) is 7.11 Å². The smallest absolute Gasteiger partial charge is 0.128 e. The minimum absolute atomic E-state index is 0.0103. The van der Waals surface area contributed by atoms with Crippen LogP contribution in [0.3, 0.4) is 0 Å². The van der Waals surface area contributed by atoms with Gasteiger partial charge in [-0.3, -0.25) is 0 Å². The summed E-state index contributed by atoms with van der Waals surface area (Å²) in [5.74, 6) is 0.938. The molecule has 1 aromatic rings. The minimum Gasteiger partial charge on any atom is -0.487 e. The quantitative estimate of drug-likeness (QED) is 0.796. The van der Waals surface area contributed by atoms with Crippen LogP contribution in [-0.2, 0) is 11.2 Å². The lowest BCUT2D eigenvalue weighted by Gasteiger charge is -2.47. The van der Waals surface area contributed by atoms with Crippen LogP contribution in [0.1, 0.15) is 39.7 Å². The zero-order chi connectivity index (χ0) is 14.3. The monoisotopic (exact) mass is 282 g/mol. The van der Waals surface area contributed by atoms with Crippen molar-refractivity contribution in [2.75, 3.05) is 7.11 Å². The van der Waals surface area contributed by atoms with Gasteiger partial charge in [0, 0.05) is 12.1 Å². The van der Waals surface area contributed by atoms with Gasteiger partial charge in [-0.15, -0.1) is 0 Å². The fourth-order valence-electron chi connectivity index (χ4n) is 2.67. The van der Waals surface area contributed by atoms with E-state index in [1.165, 1.54) is 5.56 Å². The molecule has 0 unspecified atom stereocenters. The summed E-state index contributed by atoms with van der Waals surface area (Å²) in [5, 5.41) is 0.770. The van der Waals surface area contributed by atoms with Crippen LogP contribution < -0.4 is 4.74 Å². The summed E-state index contributed by atoms with van der Waals surface area (Å²) in [6.45, 7) is 8.71. The van der Waals surface area contributed by atoms with Gasteiger partial charge in [-0.2, -0.15) is 0 Å². The van der Waals surface area contributed by atoms with Crippen molar-refractivity contribution >= 4 is 11.6 Å². The summed E-state index contributed by atoms with van der Waals surface area (Å²) in [6.07, 6.45) is 2.00. The number of halogens is 1. The second-order valence-electron chi connectivity index (χ2n) is 6.46. The zero-order valence-corrected chi connectivity index (χ0v) is 13.2. The van der Waals surface area contributed by atoms with E-state index in [4.69, 9.17) is 21.1 Å². The molecular formula is C16H23ClO2. The summed E-state index contributed by atoms with van der Waals surface area (Å²) in [5.41, 5.74) is 0.886. The van der Waals surface area contributed by atoms with Crippen LogP contribution in [0, 0.1) is 5.41 Å². The van der Waals surface area contributed by atoms with Gasteiger partial charge in [-0.05, 0) is 48.9 Å². The molecule has 1 heterocycles. The molecule has 1 aliphatic rings. The topological polar surface area (TPSA) is 18.5 Å². The van der Waals surface area contributed by atoms with E-state index in [9.17, 15) is 0 Å². The van der Waals surface area contributed by atoms with Crippen LogP contribution in [0.4, 0.5) is 0 Å². The van der Waals surface area contributed by atoms with Crippen LogP contribution in [0.2, 0.25) is 5.02 Å². The van der Waals surface area contributed by atoms with Crippen molar-refractivity contribution in [2.24, 2.45) is 5.41 Å². The first-order valence-electron chi connectivity index (χ1n) is 6.78. The molecule has 2 nitrogen and oxygen atoms in total. The second-order valence-corrected chi connectivity index (χ2v) is 6.89. The molecule has 106 valence electrons. The number of fused-ring (bicyclic) bond motifs is 1. The number of methoxy groups -OCH3 is 1. The number of benzene rings is 1. The highest BCUT2D eigenvalue weighted by atomic mass is 35.5. The molecule has 2 rings (SSSR count). The molecule has 3 heteroatoms. The maximum Gasteiger partial charge on any atom is 0.128 e. The van der Waals surface area contributed by atoms with E-state index in [-0.39, 0.29) is 17.1 Å². The Hall–Kier alpha value is -0.730. The lowest BCUT2D eigenvalue weighted by atomic mass is 9.72. The summed E-state index contributed by atoms with van der Waals surface area (Å²) >= 11 is 6.02. The number of rotatable bonds is 2. The molecule has 0 spiro atoms. The molecular weight excluding hydrogens is 260 g/mol. The Morgan fingerprint density at radius 2 is 1.95 bits per heavy atom. The Bertz CT molecular complexity index is 464. The third-order valence-corrected chi connectivity index (χ3v) is 4.73. The third kappa shape index (κ3) is 2.61. The molecule has 19 heavy (non-hydrogen) atoms. The highest BCUT2D eigenvalue weighted by molar-refractivity contribution is 6.30. The van der Waals surface area contributed by atoms with Crippen molar-refractivity contribution in [3.8, 4) is 5.75 Å². The predicted octanol–water partition coefficient (Wildman–Crippen LogP) is 4.48. The van der Waals surface area contributed by atoms with Gasteiger partial charge in [0.1, 0.15) is 17.5 Å². The van der Waals surface area contributed by atoms with E-state index in [2.05, 4.69) is 27.7 Å². The van der Waals surface area contributed by atoms with Crippen molar-refractivity contribution in [3.63, 3.8) is 0 Å². The van der Waals surface area contributed by atoms with Gasteiger partial charge in [0.15, 0.2) is 0 Å². The summed E-state index contributed by atoms with van der Waals surface area (Å²) in [7, 11) is 1.77. The normalized spacial score (nSPS) is 22.3. The van der Waals surface area contributed by atoms with Crippen molar-refractivity contribution in [1.29, 1.82) is 0 Å². The van der Waals surface area contributed by atoms with E-state index in [0.29, 0.717) is 0 Å². The van der Waals surface area contributed by atoms with Gasteiger partial charge in [-0.1, -0.05) is 32.4 Å². The molecule has 0 bridgehead atoms. The minimum atomic E-state index is -0.315. The summed E-state index contributed by atoms with van der Waals surface area (Å²) < 4.78 is 12.0. The Morgan fingerprint density at radius 1 is 1.26 bits per heavy atom. The van der Waals surface area contributed by atoms with Gasteiger partial charge >= 0.3 is 0 Å². The molecule has 0 amide bonds. The fraction of sp³-hybridized carbons (Fsp3) is 0.625. The van der Waals surface area contributed by atoms with E-state index < -0.39 is 0 Å². The predicted molar refractivity (Wildman–Crippen MR) is 79.1 cm³/mol. The lowest BCUT2D eigenvalue weighted by molar-refractivity contribution is -0.147.